The number of para-hydroxylation sites is 1. The number of piperidine rings is 1. The Balaban J connectivity index is 1.34. The van der Waals surface area contributed by atoms with Crippen molar-refractivity contribution in [3.05, 3.63) is 65.2 Å². The lowest BCUT2D eigenvalue weighted by atomic mass is 10.0. The summed E-state index contributed by atoms with van der Waals surface area (Å²) < 4.78 is 29.4. The van der Waals surface area contributed by atoms with Crippen LogP contribution >= 0.6 is 0 Å². The number of sulfonamides is 1. The van der Waals surface area contributed by atoms with Gasteiger partial charge in [0.2, 0.25) is 15.9 Å². The van der Waals surface area contributed by atoms with E-state index < -0.39 is 10.0 Å². The van der Waals surface area contributed by atoms with Crippen LogP contribution in [0.25, 0.3) is 10.9 Å². The molecule has 1 saturated heterocycles. The van der Waals surface area contributed by atoms with E-state index in [-0.39, 0.29) is 34.9 Å². The molecule has 1 fully saturated rings. The first kappa shape index (κ1) is 24.1. The SMILES string of the molecule is C[C@H]1CCC[C@H](C)N1S(=O)(=O)c1ccc(NC(=O)CCCn2cnc3ccccc3c2=O)cc1. The molecule has 1 amide bonds. The van der Waals surface area contributed by atoms with Gasteiger partial charge in [-0.15, -0.1) is 0 Å². The second-order valence-corrected chi connectivity index (χ2v) is 10.7. The fraction of sp³-hybridized carbons (Fsp3) is 0.400. The molecule has 1 aliphatic rings. The van der Waals surface area contributed by atoms with Crippen molar-refractivity contribution >= 4 is 32.5 Å². The van der Waals surface area contributed by atoms with Crippen LogP contribution in [0.5, 0.6) is 0 Å². The third-order valence-corrected chi connectivity index (χ3v) is 8.50. The van der Waals surface area contributed by atoms with Crippen molar-refractivity contribution in [3.63, 3.8) is 0 Å². The van der Waals surface area contributed by atoms with Crippen molar-refractivity contribution in [1.82, 2.24) is 13.9 Å². The number of carbonyl (C=O) groups is 1. The van der Waals surface area contributed by atoms with Crippen LogP contribution in [0.15, 0.2) is 64.5 Å². The predicted molar refractivity (Wildman–Crippen MR) is 132 cm³/mol. The summed E-state index contributed by atoms with van der Waals surface area (Å²) in [4.78, 5) is 29.4. The van der Waals surface area contributed by atoms with Gasteiger partial charge < -0.3 is 5.32 Å². The maximum atomic E-state index is 13.1. The molecule has 180 valence electrons. The molecule has 2 aromatic carbocycles. The molecule has 34 heavy (non-hydrogen) atoms. The zero-order valence-corrected chi connectivity index (χ0v) is 20.3. The Labute approximate surface area is 199 Å². The number of nitrogens with zero attached hydrogens (tertiary/aromatic N) is 3. The van der Waals surface area contributed by atoms with Gasteiger partial charge in [0.05, 0.1) is 22.1 Å². The molecule has 8 nitrogen and oxygen atoms in total. The summed E-state index contributed by atoms with van der Waals surface area (Å²) in [6, 6.07) is 13.4. The average Bonchev–Trinajstić information content (AvgIpc) is 2.81. The number of fused-ring (bicyclic) bond motifs is 1. The Kier molecular flexibility index (Phi) is 7.13. The van der Waals surface area contributed by atoms with Gasteiger partial charge in [0, 0.05) is 30.7 Å². The van der Waals surface area contributed by atoms with Crippen molar-refractivity contribution in [1.29, 1.82) is 0 Å². The van der Waals surface area contributed by atoms with E-state index >= 15 is 0 Å². The van der Waals surface area contributed by atoms with Crippen LogP contribution in [0.4, 0.5) is 5.69 Å². The maximum absolute atomic E-state index is 13.1. The van der Waals surface area contributed by atoms with Crippen LogP contribution in [0.1, 0.15) is 46.0 Å². The number of hydrogen-bond acceptors (Lipinski definition) is 5. The second kappa shape index (κ2) is 10.1. The first-order chi connectivity index (χ1) is 16.3. The van der Waals surface area contributed by atoms with E-state index in [1.807, 2.05) is 19.9 Å². The Morgan fingerprint density at radius 1 is 1.06 bits per heavy atom. The first-order valence-electron chi connectivity index (χ1n) is 11.6. The molecule has 2 heterocycles. The minimum atomic E-state index is -3.59. The van der Waals surface area contributed by atoms with E-state index in [1.165, 1.54) is 10.9 Å². The second-order valence-electron chi connectivity index (χ2n) is 8.90. The van der Waals surface area contributed by atoms with Crippen LogP contribution in [-0.2, 0) is 21.4 Å². The smallest absolute Gasteiger partial charge is 0.261 e. The zero-order chi connectivity index (χ0) is 24.3. The molecule has 0 unspecified atom stereocenters. The molecule has 1 N–H and O–H groups in total. The quantitative estimate of drug-likeness (QED) is 0.552. The summed E-state index contributed by atoms with van der Waals surface area (Å²) in [6.45, 7) is 4.28. The highest BCUT2D eigenvalue weighted by Crippen LogP contribution is 2.30. The van der Waals surface area contributed by atoms with Gasteiger partial charge in [-0.05, 0) is 69.5 Å². The third-order valence-electron chi connectivity index (χ3n) is 6.36. The minimum absolute atomic E-state index is 0.0292. The summed E-state index contributed by atoms with van der Waals surface area (Å²) in [7, 11) is -3.59. The fourth-order valence-electron chi connectivity index (χ4n) is 4.60. The minimum Gasteiger partial charge on any atom is -0.326 e. The van der Waals surface area contributed by atoms with Crippen LogP contribution < -0.4 is 10.9 Å². The molecule has 0 saturated carbocycles. The lowest BCUT2D eigenvalue weighted by Crippen LogP contribution is -2.47. The van der Waals surface area contributed by atoms with Gasteiger partial charge in [0.1, 0.15) is 0 Å². The molecule has 1 aromatic heterocycles. The van der Waals surface area contributed by atoms with Crippen molar-refractivity contribution in [3.8, 4) is 0 Å². The van der Waals surface area contributed by atoms with E-state index in [2.05, 4.69) is 10.3 Å². The molecule has 0 aliphatic carbocycles. The van der Waals surface area contributed by atoms with E-state index in [9.17, 15) is 18.0 Å². The number of rotatable bonds is 7. The number of benzene rings is 2. The van der Waals surface area contributed by atoms with Crippen LogP contribution in [0, 0.1) is 0 Å². The predicted octanol–water partition coefficient (Wildman–Crippen LogP) is 3.77. The molecular formula is C25H30N4O4S. The summed E-state index contributed by atoms with van der Waals surface area (Å²) in [5.74, 6) is -0.198. The van der Waals surface area contributed by atoms with Gasteiger partial charge in [-0.3, -0.25) is 14.2 Å². The van der Waals surface area contributed by atoms with Crippen molar-refractivity contribution in [2.24, 2.45) is 0 Å². The topological polar surface area (TPSA) is 101 Å². The monoisotopic (exact) mass is 482 g/mol. The highest BCUT2D eigenvalue weighted by atomic mass is 32.2. The lowest BCUT2D eigenvalue weighted by Gasteiger charge is -2.37. The molecule has 1 aliphatic heterocycles. The number of hydrogen-bond donors (Lipinski definition) is 1. The van der Waals surface area contributed by atoms with Gasteiger partial charge in [0.25, 0.3) is 5.56 Å². The number of anilines is 1. The molecule has 0 radical (unpaired) electrons. The summed E-state index contributed by atoms with van der Waals surface area (Å²) in [5.41, 5.74) is 1.06. The standard InChI is InChI=1S/C25H30N4O4S/c1-18-7-5-8-19(2)29(18)34(32,33)21-14-12-20(13-15-21)27-24(30)11-6-16-28-17-26-23-10-4-3-9-22(23)25(28)31/h3-4,9-10,12-15,17-19H,5-8,11,16H2,1-2H3,(H,27,30)/t18-,19-/m0/s1. The number of aromatic nitrogens is 2. The maximum Gasteiger partial charge on any atom is 0.261 e. The summed E-state index contributed by atoms with van der Waals surface area (Å²) in [5, 5.41) is 3.35. The molecule has 4 rings (SSSR count). The number of amides is 1. The molecule has 2 atom stereocenters. The highest BCUT2D eigenvalue weighted by Gasteiger charge is 2.35. The van der Waals surface area contributed by atoms with E-state index in [0.717, 1.165) is 19.3 Å². The van der Waals surface area contributed by atoms with E-state index in [1.54, 1.807) is 46.8 Å². The fourth-order valence-corrected chi connectivity index (χ4v) is 6.48. The molecule has 3 aromatic rings. The lowest BCUT2D eigenvalue weighted by molar-refractivity contribution is -0.116. The first-order valence-corrected chi connectivity index (χ1v) is 13.1. The summed E-state index contributed by atoms with van der Waals surface area (Å²) >= 11 is 0. The van der Waals surface area contributed by atoms with Gasteiger partial charge in [-0.1, -0.05) is 18.6 Å². The summed E-state index contributed by atoms with van der Waals surface area (Å²) in [6.07, 6.45) is 4.96. The van der Waals surface area contributed by atoms with Gasteiger partial charge in [-0.2, -0.15) is 4.31 Å². The van der Waals surface area contributed by atoms with Crippen LogP contribution in [0.3, 0.4) is 0 Å². The van der Waals surface area contributed by atoms with Crippen molar-refractivity contribution in [2.75, 3.05) is 5.32 Å². The largest absolute Gasteiger partial charge is 0.326 e. The molecule has 9 heteroatoms. The number of aryl methyl sites for hydroxylation is 1. The van der Waals surface area contributed by atoms with Crippen LogP contribution in [0.2, 0.25) is 0 Å². The normalized spacial score (nSPS) is 19.2. The van der Waals surface area contributed by atoms with E-state index in [0.29, 0.717) is 29.6 Å². The molecular weight excluding hydrogens is 452 g/mol. The Bertz CT molecular complexity index is 1330. The number of carbonyl (C=O) groups excluding carboxylic acids is 1. The average molecular weight is 483 g/mol. The molecule has 0 spiro atoms. The third kappa shape index (κ3) is 5.05. The van der Waals surface area contributed by atoms with Gasteiger partial charge >= 0.3 is 0 Å². The molecule has 0 bridgehead atoms. The number of nitrogens with one attached hydrogen (secondary N) is 1. The Morgan fingerprint density at radius 2 is 1.74 bits per heavy atom. The van der Waals surface area contributed by atoms with Crippen molar-refractivity contribution < 1.29 is 13.2 Å². The Morgan fingerprint density at radius 3 is 2.44 bits per heavy atom. The van der Waals surface area contributed by atoms with Crippen molar-refractivity contribution in [2.45, 2.75) is 69.5 Å². The van der Waals surface area contributed by atoms with Gasteiger partial charge in [0.15, 0.2) is 0 Å². The van der Waals surface area contributed by atoms with E-state index in [4.69, 9.17) is 0 Å². The Hall–Kier alpha value is -3.04. The van der Waals surface area contributed by atoms with Crippen LogP contribution in [-0.4, -0.2) is 40.3 Å². The highest BCUT2D eigenvalue weighted by molar-refractivity contribution is 7.89. The zero-order valence-electron chi connectivity index (χ0n) is 19.5. The van der Waals surface area contributed by atoms with Gasteiger partial charge in [-0.25, -0.2) is 13.4 Å².